The van der Waals surface area contributed by atoms with Gasteiger partial charge < -0.3 is 14.8 Å². The third kappa shape index (κ3) is 5.61. The van der Waals surface area contributed by atoms with Gasteiger partial charge >= 0.3 is 5.97 Å². The Morgan fingerprint density at radius 3 is 2.43 bits per heavy atom. The van der Waals surface area contributed by atoms with E-state index in [-0.39, 0.29) is 34.0 Å². The van der Waals surface area contributed by atoms with Crippen molar-refractivity contribution in [2.75, 3.05) is 13.2 Å². The first-order valence-corrected chi connectivity index (χ1v) is 7.21. The van der Waals surface area contributed by atoms with E-state index in [0.717, 1.165) is 0 Å². The van der Waals surface area contributed by atoms with Crippen LogP contribution in [0.15, 0.2) is 12.1 Å². The van der Waals surface area contributed by atoms with E-state index in [4.69, 9.17) is 44.3 Å². The number of halogens is 3. The first kappa shape index (κ1) is 17.9. The molecule has 0 spiro atoms. The van der Waals surface area contributed by atoms with Gasteiger partial charge in [0.1, 0.15) is 11.8 Å². The highest BCUT2D eigenvalue weighted by molar-refractivity contribution is 6.43. The van der Waals surface area contributed by atoms with Crippen LogP contribution in [0.3, 0.4) is 0 Å². The molecule has 8 heteroatoms. The first-order valence-electron chi connectivity index (χ1n) is 6.08. The predicted molar refractivity (Wildman–Crippen MR) is 81.2 cm³/mol. The summed E-state index contributed by atoms with van der Waals surface area (Å²) in [4.78, 5) is 23.0. The Hall–Kier alpha value is -1.17. The number of ether oxygens (including phenoxy) is 2. The molecule has 0 saturated heterocycles. The molecule has 0 aliphatic heterocycles. The predicted octanol–water partition coefficient (Wildman–Crippen LogP) is 3.09. The highest BCUT2D eigenvalue weighted by Gasteiger charge is 2.17. The molecule has 1 atom stereocenters. The standard InChI is InChI=1S/C13H14Cl3NO4/c1-3-20-13(19)7(2)17-12(18)6-21-11-5-9(15)8(14)4-10(11)16/h4-5,7H,3,6H2,1-2H3,(H,17,18). The minimum Gasteiger partial charge on any atom is -0.482 e. The fraction of sp³-hybridized carbons (Fsp3) is 0.385. The Morgan fingerprint density at radius 1 is 1.19 bits per heavy atom. The fourth-order valence-electron chi connectivity index (χ4n) is 1.37. The van der Waals surface area contributed by atoms with E-state index in [0.29, 0.717) is 0 Å². The van der Waals surface area contributed by atoms with E-state index in [1.807, 2.05) is 0 Å². The monoisotopic (exact) mass is 353 g/mol. The minimum absolute atomic E-state index is 0.227. The molecule has 0 bridgehead atoms. The second-order valence-corrected chi connectivity index (χ2v) is 5.25. The maximum absolute atomic E-state index is 11.7. The molecule has 0 aliphatic carbocycles. The highest BCUT2D eigenvalue weighted by atomic mass is 35.5. The van der Waals surface area contributed by atoms with Gasteiger partial charge in [0.15, 0.2) is 6.61 Å². The zero-order valence-electron chi connectivity index (χ0n) is 11.4. The molecule has 1 rings (SSSR count). The molecule has 0 aromatic heterocycles. The number of esters is 1. The summed E-state index contributed by atoms with van der Waals surface area (Å²) in [5, 5.41) is 3.22. The number of nitrogens with one attached hydrogen (secondary N) is 1. The van der Waals surface area contributed by atoms with Crippen LogP contribution in [-0.2, 0) is 14.3 Å². The van der Waals surface area contributed by atoms with E-state index < -0.39 is 17.9 Å². The molecule has 1 aromatic carbocycles. The Labute approximate surface area is 137 Å². The van der Waals surface area contributed by atoms with Crippen molar-refractivity contribution in [2.45, 2.75) is 19.9 Å². The average Bonchev–Trinajstić information content (AvgIpc) is 2.41. The number of hydrogen-bond donors (Lipinski definition) is 1. The lowest BCUT2D eigenvalue weighted by Crippen LogP contribution is -2.41. The van der Waals surface area contributed by atoms with Crippen molar-refractivity contribution in [1.29, 1.82) is 0 Å². The van der Waals surface area contributed by atoms with E-state index in [2.05, 4.69) is 5.32 Å². The minimum atomic E-state index is -0.759. The molecule has 21 heavy (non-hydrogen) atoms. The molecule has 1 amide bonds. The topological polar surface area (TPSA) is 64.6 Å². The Bertz CT molecular complexity index is 536. The second kappa shape index (κ2) is 8.32. The van der Waals surface area contributed by atoms with Crippen LogP contribution in [0.25, 0.3) is 0 Å². The molecule has 1 aromatic rings. The quantitative estimate of drug-likeness (QED) is 0.630. The normalized spacial score (nSPS) is 11.7. The Balaban J connectivity index is 2.54. The molecule has 0 saturated carbocycles. The van der Waals surface area contributed by atoms with Crippen molar-refractivity contribution >= 4 is 46.7 Å². The van der Waals surface area contributed by atoms with Crippen LogP contribution in [0.4, 0.5) is 0 Å². The van der Waals surface area contributed by atoms with Crippen LogP contribution in [-0.4, -0.2) is 31.1 Å². The zero-order chi connectivity index (χ0) is 16.0. The molecule has 1 unspecified atom stereocenters. The van der Waals surface area contributed by atoms with Gasteiger partial charge in [0, 0.05) is 6.07 Å². The van der Waals surface area contributed by atoms with Gasteiger partial charge in [0.05, 0.1) is 21.7 Å². The molecular weight excluding hydrogens is 341 g/mol. The molecule has 5 nitrogen and oxygen atoms in total. The second-order valence-electron chi connectivity index (χ2n) is 4.03. The van der Waals surface area contributed by atoms with Gasteiger partial charge in [-0.25, -0.2) is 4.79 Å². The number of rotatable bonds is 6. The van der Waals surface area contributed by atoms with Gasteiger partial charge in [-0.1, -0.05) is 34.8 Å². The molecule has 0 radical (unpaired) electrons. The summed E-state index contributed by atoms with van der Waals surface area (Å²) < 4.78 is 10.0. The van der Waals surface area contributed by atoms with E-state index in [9.17, 15) is 9.59 Å². The molecule has 1 N–H and O–H groups in total. The Kier molecular flexibility index (Phi) is 7.08. The third-order valence-electron chi connectivity index (χ3n) is 2.35. The zero-order valence-corrected chi connectivity index (χ0v) is 13.7. The molecule has 0 aliphatic rings. The maximum Gasteiger partial charge on any atom is 0.328 e. The van der Waals surface area contributed by atoms with Crippen molar-refractivity contribution in [3.05, 3.63) is 27.2 Å². The summed E-state index contributed by atoms with van der Waals surface area (Å²) in [5.41, 5.74) is 0. The first-order chi connectivity index (χ1) is 9.85. The lowest BCUT2D eigenvalue weighted by atomic mass is 10.3. The number of carbonyl (C=O) groups excluding carboxylic acids is 2. The number of amides is 1. The summed E-state index contributed by atoms with van der Waals surface area (Å²) in [6.45, 7) is 3.12. The molecule has 0 fully saturated rings. The molecule has 116 valence electrons. The van der Waals surface area contributed by atoms with E-state index in [1.54, 1.807) is 6.92 Å². The molecular formula is C13H14Cl3NO4. The van der Waals surface area contributed by atoms with Crippen LogP contribution < -0.4 is 10.1 Å². The largest absolute Gasteiger partial charge is 0.482 e. The van der Waals surface area contributed by atoms with Crippen LogP contribution in [0.5, 0.6) is 5.75 Å². The van der Waals surface area contributed by atoms with Gasteiger partial charge in [-0.15, -0.1) is 0 Å². The van der Waals surface area contributed by atoms with Crippen molar-refractivity contribution in [3.8, 4) is 5.75 Å². The summed E-state index contributed by atoms with van der Waals surface area (Å²) in [6, 6.07) is 2.07. The van der Waals surface area contributed by atoms with Gasteiger partial charge in [0.25, 0.3) is 5.91 Å². The van der Waals surface area contributed by atoms with E-state index in [1.165, 1.54) is 19.1 Å². The van der Waals surface area contributed by atoms with Gasteiger partial charge in [-0.2, -0.15) is 0 Å². The van der Waals surface area contributed by atoms with Crippen LogP contribution in [0, 0.1) is 0 Å². The summed E-state index contributed by atoms with van der Waals surface area (Å²) in [7, 11) is 0. The van der Waals surface area contributed by atoms with Gasteiger partial charge in [-0.05, 0) is 19.9 Å². The number of carbonyl (C=O) groups is 2. The van der Waals surface area contributed by atoms with Crippen LogP contribution in [0.1, 0.15) is 13.8 Å². The molecule has 0 heterocycles. The Morgan fingerprint density at radius 2 is 1.81 bits per heavy atom. The maximum atomic E-state index is 11.7. The SMILES string of the molecule is CCOC(=O)C(C)NC(=O)COc1cc(Cl)c(Cl)cc1Cl. The van der Waals surface area contributed by atoms with Crippen molar-refractivity contribution in [2.24, 2.45) is 0 Å². The highest BCUT2D eigenvalue weighted by Crippen LogP contribution is 2.33. The van der Waals surface area contributed by atoms with Crippen molar-refractivity contribution in [3.63, 3.8) is 0 Å². The number of hydrogen-bond acceptors (Lipinski definition) is 4. The van der Waals surface area contributed by atoms with Crippen LogP contribution in [0.2, 0.25) is 15.1 Å². The number of benzene rings is 1. The van der Waals surface area contributed by atoms with E-state index >= 15 is 0 Å². The van der Waals surface area contributed by atoms with Crippen molar-refractivity contribution < 1.29 is 19.1 Å². The smallest absolute Gasteiger partial charge is 0.328 e. The summed E-state index contributed by atoms with van der Waals surface area (Å²) >= 11 is 17.5. The van der Waals surface area contributed by atoms with Crippen molar-refractivity contribution in [1.82, 2.24) is 5.32 Å². The van der Waals surface area contributed by atoms with Crippen LogP contribution >= 0.6 is 34.8 Å². The lowest BCUT2D eigenvalue weighted by Gasteiger charge is -2.13. The van der Waals surface area contributed by atoms with Gasteiger partial charge in [0.2, 0.25) is 0 Å². The van der Waals surface area contributed by atoms with Gasteiger partial charge in [-0.3, -0.25) is 4.79 Å². The summed E-state index contributed by atoms with van der Waals surface area (Å²) in [6.07, 6.45) is 0. The average molecular weight is 355 g/mol. The third-order valence-corrected chi connectivity index (χ3v) is 3.37. The summed E-state index contributed by atoms with van der Waals surface area (Å²) in [5.74, 6) is -0.777. The lowest BCUT2D eigenvalue weighted by molar-refractivity contribution is -0.147. The fourth-order valence-corrected chi connectivity index (χ4v) is 1.96.